The molecule has 2 rings (SSSR count). The predicted octanol–water partition coefficient (Wildman–Crippen LogP) is 4.21. The van der Waals surface area contributed by atoms with E-state index in [2.05, 4.69) is 21.2 Å². The van der Waals surface area contributed by atoms with Crippen LogP contribution in [0.5, 0.6) is 0 Å². The van der Waals surface area contributed by atoms with Crippen molar-refractivity contribution in [3.8, 4) is 0 Å². The first-order chi connectivity index (χ1) is 9.82. The van der Waals surface area contributed by atoms with Gasteiger partial charge in [-0.1, -0.05) is 12.1 Å². The van der Waals surface area contributed by atoms with Crippen molar-refractivity contribution in [1.29, 1.82) is 0 Å². The molecule has 0 aliphatic heterocycles. The average molecular weight is 380 g/mol. The number of rotatable bonds is 5. The van der Waals surface area contributed by atoms with E-state index in [0.29, 0.717) is 10.4 Å². The van der Waals surface area contributed by atoms with Gasteiger partial charge in [-0.15, -0.1) is 0 Å². The fourth-order valence-electron chi connectivity index (χ4n) is 1.80. The van der Waals surface area contributed by atoms with E-state index in [1.165, 1.54) is 12.1 Å². The topological polar surface area (TPSA) is 59.3 Å². The van der Waals surface area contributed by atoms with Crippen LogP contribution in [0.15, 0.2) is 50.4 Å². The molecule has 0 saturated heterocycles. The highest BCUT2D eigenvalue weighted by Crippen LogP contribution is 2.30. The zero-order chi connectivity index (χ0) is 15.6. The summed E-state index contributed by atoms with van der Waals surface area (Å²) in [6, 6.07) is 8.55. The van der Waals surface area contributed by atoms with E-state index in [4.69, 9.17) is 4.42 Å². The summed E-state index contributed by atoms with van der Waals surface area (Å²) in [5.41, 5.74) is 0.109. The molecule has 0 saturated carbocycles. The van der Waals surface area contributed by atoms with E-state index in [0.717, 1.165) is 6.07 Å². The van der Waals surface area contributed by atoms with Crippen molar-refractivity contribution in [1.82, 2.24) is 0 Å². The van der Waals surface area contributed by atoms with Gasteiger partial charge in [0.2, 0.25) is 9.84 Å². The summed E-state index contributed by atoms with van der Waals surface area (Å²) < 4.78 is 54.6. The molecular weight excluding hydrogens is 368 g/mol. The van der Waals surface area contributed by atoms with Gasteiger partial charge in [0.15, 0.2) is 4.67 Å². The minimum Gasteiger partial charge on any atom is -0.452 e. The van der Waals surface area contributed by atoms with E-state index in [1.807, 2.05) is 0 Å². The Morgan fingerprint density at radius 3 is 2.43 bits per heavy atom. The quantitative estimate of drug-likeness (QED) is 0.844. The second-order valence-corrected chi connectivity index (χ2v) is 6.98. The number of furan rings is 1. The Labute approximate surface area is 129 Å². The lowest BCUT2D eigenvalue weighted by Gasteiger charge is -2.16. The number of hydrogen-bond acceptors (Lipinski definition) is 4. The number of para-hydroxylation sites is 1. The van der Waals surface area contributed by atoms with Crippen molar-refractivity contribution >= 4 is 31.5 Å². The largest absolute Gasteiger partial charge is 0.452 e. The van der Waals surface area contributed by atoms with Gasteiger partial charge in [-0.3, -0.25) is 0 Å². The minimum atomic E-state index is -4.67. The van der Waals surface area contributed by atoms with Gasteiger partial charge in [0, 0.05) is 0 Å². The number of benzene rings is 1. The summed E-state index contributed by atoms with van der Waals surface area (Å²) in [7, 11) is -4.67. The van der Waals surface area contributed by atoms with Crippen molar-refractivity contribution in [2.24, 2.45) is 0 Å². The second kappa shape index (κ2) is 6.15. The van der Waals surface area contributed by atoms with Gasteiger partial charge in [0.1, 0.15) is 5.76 Å². The molecule has 0 bridgehead atoms. The third kappa shape index (κ3) is 3.44. The lowest BCUT2D eigenvalue weighted by molar-refractivity contribution is 0.235. The average Bonchev–Trinajstić information content (AvgIpc) is 2.86. The maximum Gasteiger partial charge on any atom is 0.341 e. The molecule has 114 valence electrons. The van der Waals surface area contributed by atoms with Crippen LogP contribution in [0, 0.1) is 0 Å². The summed E-state index contributed by atoms with van der Waals surface area (Å²) in [5.74, 6) is -2.92. The molecule has 21 heavy (non-hydrogen) atoms. The molecule has 0 aliphatic rings. The SMILES string of the molecule is CC(Nc1ccccc1S(=O)(=O)C(F)F)c1ccc(Br)o1. The van der Waals surface area contributed by atoms with E-state index < -0.39 is 20.5 Å². The zero-order valence-corrected chi connectivity index (χ0v) is 13.3. The Kier molecular flexibility index (Phi) is 4.67. The summed E-state index contributed by atoms with van der Waals surface area (Å²) in [6.07, 6.45) is 0. The molecule has 1 unspecified atom stereocenters. The van der Waals surface area contributed by atoms with Crippen LogP contribution < -0.4 is 5.32 Å². The Bertz CT molecular complexity index is 731. The van der Waals surface area contributed by atoms with Crippen molar-refractivity contribution < 1.29 is 21.6 Å². The smallest absolute Gasteiger partial charge is 0.341 e. The first-order valence-electron chi connectivity index (χ1n) is 5.95. The molecule has 0 radical (unpaired) electrons. The highest BCUT2D eigenvalue weighted by molar-refractivity contribution is 9.10. The van der Waals surface area contributed by atoms with E-state index in [1.54, 1.807) is 25.1 Å². The Morgan fingerprint density at radius 2 is 1.86 bits per heavy atom. The third-order valence-electron chi connectivity index (χ3n) is 2.82. The highest BCUT2D eigenvalue weighted by Gasteiger charge is 2.29. The zero-order valence-electron chi connectivity index (χ0n) is 10.9. The molecule has 0 spiro atoms. The highest BCUT2D eigenvalue weighted by atomic mass is 79.9. The molecule has 0 aliphatic carbocycles. The second-order valence-electron chi connectivity index (χ2n) is 4.31. The number of sulfone groups is 1. The van der Waals surface area contributed by atoms with Gasteiger partial charge >= 0.3 is 5.76 Å². The molecule has 1 atom stereocenters. The molecule has 0 amide bonds. The van der Waals surface area contributed by atoms with Crippen LogP contribution >= 0.6 is 15.9 Å². The number of anilines is 1. The van der Waals surface area contributed by atoms with Gasteiger partial charge in [-0.2, -0.15) is 8.78 Å². The monoisotopic (exact) mass is 379 g/mol. The molecule has 4 nitrogen and oxygen atoms in total. The maximum absolute atomic E-state index is 12.7. The Balaban J connectivity index is 2.33. The van der Waals surface area contributed by atoms with Crippen molar-refractivity contribution in [2.75, 3.05) is 5.32 Å². The van der Waals surface area contributed by atoms with Gasteiger partial charge < -0.3 is 9.73 Å². The van der Waals surface area contributed by atoms with Crippen LogP contribution in [0.4, 0.5) is 14.5 Å². The van der Waals surface area contributed by atoms with E-state index in [-0.39, 0.29) is 11.7 Å². The first kappa shape index (κ1) is 16.0. The molecular formula is C13H12BrF2NO3S. The number of hydrogen-bond donors (Lipinski definition) is 1. The lowest BCUT2D eigenvalue weighted by atomic mass is 10.2. The Morgan fingerprint density at radius 1 is 1.19 bits per heavy atom. The lowest BCUT2D eigenvalue weighted by Crippen LogP contribution is -2.15. The number of alkyl halides is 2. The van der Waals surface area contributed by atoms with Crippen LogP contribution in [0.25, 0.3) is 0 Å². The Hall–Kier alpha value is -1.41. The van der Waals surface area contributed by atoms with Gasteiger partial charge in [0.25, 0.3) is 0 Å². The molecule has 1 aromatic carbocycles. The van der Waals surface area contributed by atoms with E-state index in [9.17, 15) is 17.2 Å². The third-order valence-corrected chi connectivity index (χ3v) is 4.69. The minimum absolute atomic E-state index is 0.109. The maximum atomic E-state index is 12.7. The van der Waals surface area contributed by atoms with Crippen molar-refractivity contribution in [3.05, 3.63) is 46.8 Å². The molecule has 1 heterocycles. The van der Waals surface area contributed by atoms with Crippen LogP contribution in [-0.2, 0) is 9.84 Å². The first-order valence-corrected chi connectivity index (χ1v) is 8.29. The van der Waals surface area contributed by atoms with E-state index >= 15 is 0 Å². The summed E-state index contributed by atoms with van der Waals surface area (Å²) in [6.45, 7) is 1.73. The molecule has 1 aromatic heterocycles. The van der Waals surface area contributed by atoms with Crippen LogP contribution in [0.3, 0.4) is 0 Å². The van der Waals surface area contributed by atoms with Crippen LogP contribution in [0.1, 0.15) is 18.7 Å². The van der Waals surface area contributed by atoms with Gasteiger partial charge in [-0.05, 0) is 47.1 Å². The van der Waals surface area contributed by atoms with Crippen LogP contribution in [0.2, 0.25) is 0 Å². The normalized spacial score (nSPS) is 13.4. The molecule has 2 aromatic rings. The summed E-state index contributed by atoms with van der Waals surface area (Å²) in [5, 5.41) is 2.87. The molecule has 1 N–H and O–H groups in total. The summed E-state index contributed by atoms with van der Waals surface area (Å²) >= 11 is 3.16. The van der Waals surface area contributed by atoms with Crippen LogP contribution in [-0.4, -0.2) is 14.2 Å². The number of nitrogens with one attached hydrogen (secondary N) is 1. The summed E-state index contributed by atoms with van der Waals surface area (Å²) in [4.78, 5) is -0.433. The van der Waals surface area contributed by atoms with Gasteiger partial charge in [-0.25, -0.2) is 8.42 Å². The van der Waals surface area contributed by atoms with Crippen molar-refractivity contribution in [3.63, 3.8) is 0 Å². The molecule has 8 heteroatoms. The van der Waals surface area contributed by atoms with Crippen molar-refractivity contribution in [2.45, 2.75) is 23.6 Å². The van der Waals surface area contributed by atoms with Gasteiger partial charge in [0.05, 0.1) is 16.6 Å². The fraction of sp³-hybridized carbons (Fsp3) is 0.231. The molecule has 0 fully saturated rings. The fourth-order valence-corrected chi connectivity index (χ4v) is 3.01. The number of halogens is 3. The standard InChI is InChI=1S/C13H12BrF2NO3S/c1-8(10-6-7-12(14)20-10)17-9-4-2-3-5-11(9)21(18,19)13(15)16/h2-8,13,17H,1H3. The predicted molar refractivity (Wildman–Crippen MR) is 78.1 cm³/mol.